The van der Waals surface area contributed by atoms with Gasteiger partial charge in [-0.15, -0.1) is 0 Å². The molecule has 0 atom stereocenters. The zero-order valence-corrected chi connectivity index (χ0v) is 19.0. The maximum atomic E-state index is 13.1. The Labute approximate surface area is 181 Å². The number of aryl methyl sites for hydroxylation is 2. The zero-order valence-electron chi connectivity index (χ0n) is 18.1. The van der Waals surface area contributed by atoms with Crippen molar-refractivity contribution < 1.29 is 13.2 Å². The molecule has 1 saturated heterocycles. The standard InChI is InChI=1S/C22H28N4O4S/c1-4-10-25-14-15(3)19-21(25)23-20(24-22(19)27)17-13-16(8-9-18(17)30-5-2)31(28,29)26-11-6-7-12-26/h8-9,13-14H,4-7,10-12H2,1-3H3,(H,23,24,27). The first kappa shape index (κ1) is 21.6. The highest BCUT2D eigenvalue weighted by molar-refractivity contribution is 7.89. The predicted octanol–water partition coefficient (Wildman–Crippen LogP) is 3.29. The number of benzene rings is 1. The Morgan fingerprint density at radius 3 is 2.61 bits per heavy atom. The second-order valence-corrected chi connectivity index (χ2v) is 9.76. The normalized spacial score (nSPS) is 15.1. The van der Waals surface area contributed by atoms with Crippen LogP contribution in [0.3, 0.4) is 0 Å². The molecule has 31 heavy (non-hydrogen) atoms. The molecule has 0 radical (unpaired) electrons. The van der Waals surface area contributed by atoms with E-state index in [1.165, 1.54) is 4.31 Å². The molecule has 0 bridgehead atoms. The summed E-state index contributed by atoms with van der Waals surface area (Å²) < 4.78 is 35.4. The third-order valence-electron chi connectivity index (χ3n) is 5.59. The highest BCUT2D eigenvalue weighted by Crippen LogP contribution is 2.32. The number of H-pyrrole nitrogens is 1. The van der Waals surface area contributed by atoms with Crippen LogP contribution in [-0.4, -0.2) is 47.0 Å². The summed E-state index contributed by atoms with van der Waals surface area (Å²) in [5.41, 5.74) is 1.66. The summed E-state index contributed by atoms with van der Waals surface area (Å²) in [6.07, 6.45) is 4.56. The number of ether oxygens (including phenoxy) is 1. The monoisotopic (exact) mass is 444 g/mol. The molecule has 0 spiro atoms. The Morgan fingerprint density at radius 2 is 1.94 bits per heavy atom. The van der Waals surface area contributed by atoms with Crippen molar-refractivity contribution >= 4 is 21.1 Å². The topological polar surface area (TPSA) is 97.3 Å². The second-order valence-electron chi connectivity index (χ2n) is 7.82. The van der Waals surface area contributed by atoms with E-state index in [1.807, 2.05) is 24.6 Å². The Morgan fingerprint density at radius 1 is 1.19 bits per heavy atom. The number of fused-ring (bicyclic) bond motifs is 1. The van der Waals surface area contributed by atoms with Gasteiger partial charge in [0, 0.05) is 25.8 Å². The van der Waals surface area contributed by atoms with Gasteiger partial charge in [-0.2, -0.15) is 4.31 Å². The summed E-state index contributed by atoms with van der Waals surface area (Å²) in [5.74, 6) is 0.783. The molecule has 0 amide bonds. The Balaban J connectivity index is 1.90. The maximum absolute atomic E-state index is 13.1. The van der Waals surface area contributed by atoms with E-state index in [2.05, 4.69) is 11.9 Å². The van der Waals surface area contributed by atoms with Crippen molar-refractivity contribution in [3.63, 3.8) is 0 Å². The minimum absolute atomic E-state index is 0.177. The molecule has 0 saturated carbocycles. The first-order valence-electron chi connectivity index (χ1n) is 10.7. The number of hydrogen-bond acceptors (Lipinski definition) is 5. The van der Waals surface area contributed by atoms with Crippen molar-refractivity contribution in [1.29, 1.82) is 0 Å². The largest absolute Gasteiger partial charge is 0.493 e. The molecule has 2 aromatic heterocycles. The average Bonchev–Trinajstić information content (AvgIpc) is 3.38. The summed E-state index contributed by atoms with van der Waals surface area (Å²) >= 11 is 0. The molecular weight excluding hydrogens is 416 g/mol. The van der Waals surface area contributed by atoms with Gasteiger partial charge in [-0.1, -0.05) is 6.92 Å². The number of nitrogens with one attached hydrogen (secondary N) is 1. The molecular formula is C22H28N4O4S. The fraction of sp³-hybridized carbons (Fsp3) is 0.455. The van der Waals surface area contributed by atoms with E-state index >= 15 is 0 Å². The van der Waals surface area contributed by atoms with Crippen molar-refractivity contribution in [2.24, 2.45) is 0 Å². The van der Waals surface area contributed by atoms with E-state index in [0.717, 1.165) is 31.4 Å². The highest BCUT2D eigenvalue weighted by atomic mass is 32.2. The fourth-order valence-corrected chi connectivity index (χ4v) is 5.68. The molecule has 8 nitrogen and oxygen atoms in total. The number of sulfonamides is 1. The molecule has 166 valence electrons. The number of hydrogen-bond donors (Lipinski definition) is 1. The van der Waals surface area contributed by atoms with Crippen LogP contribution < -0.4 is 10.3 Å². The summed E-state index contributed by atoms with van der Waals surface area (Å²) in [6.45, 7) is 8.00. The average molecular weight is 445 g/mol. The summed E-state index contributed by atoms with van der Waals surface area (Å²) in [7, 11) is -3.61. The Kier molecular flexibility index (Phi) is 5.90. The van der Waals surface area contributed by atoms with Gasteiger partial charge < -0.3 is 14.3 Å². The summed E-state index contributed by atoms with van der Waals surface area (Å²) in [6, 6.07) is 4.76. The predicted molar refractivity (Wildman–Crippen MR) is 120 cm³/mol. The van der Waals surface area contributed by atoms with Gasteiger partial charge in [0.2, 0.25) is 10.0 Å². The summed E-state index contributed by atoms with van der Waals surface area (Å²) in [4.78, 5) is 20.6. The molecule has 1 N–H and O–H groups in total. The van der Waals surface area contributed by atoms with Crippen molar-refractivity contribution in [3.8, 4) is 17.1 Å². The lowest BCUT2D eigenvalue weighted by Crippen LogP contribution is -2.27. The molecule has 4 rings (SSSR count). The van der Waals surface area contributed by atoms with Gasteiger partial charge in [-0.05, 0) is 56.9 Å². The van der Waals surface area contributed by atoms with E-state index in [1.54, 1.807) is 18.2 Å². The minimum Gasteiger partial charge on any atom is -0.493 e. The van der Waals surface area contributed by atoms with Crippen LogP contribution in [0.2, 0.25) is 0 Å². The third-order valence-corrected chi connectivity index (χ3v) is 7.48. The molecule has 9 heteroatoms. The molecule has 1 fully saturated rings. The molecule has 1 aromatic carbocycles. The van der Waals surface area contributed by atoms with E-state index in [9.17, 15) is 13.2 Å². The molecule has 3 heterocycles. The van der Waals surface area contributed by atoms with Gasteiger partial charge in [0.15, 0.2) is 0 Å². The first-order chi connectivity index (χ1) is 14.9. The second kappa shape index (κ2) is 8.47. The lowest BCUT2D eigenvalue weighted by Gasteiger charge is -2.17. The van der Waals surface area contributed by atoms with Crippen LogP contribution in [0.4, 0.5) is 0 Å². The van der Waals surface area contributed by atoms with Crippen LogP contribution in [0.15, 0.2) is 34.1 Å². The zero-order chi connectivity index (χ0) is 22.2. The number of aromatic amines is 1. The number of nitrogens with zero attached hydrogens (tertiary/aromatic N) is 3. The van der Waals surface area contributed by atoms with Gasteiger partial charge in [-0.3, -0.25) is 4.79 Å². The molecule has 0 unspecified atom stereocenters. The van der Waals surface area contributed by atoms with E-state index in [-0.39, 0.29) is 10.5 Å². The lowest BCUT2D eigenvalue weighted by atomic mass is 10.1. The molecule has 1 aliphatic heterocycles. The van der Waals surface area contributed by atoms with Crippen LogP contribution in [-0.2, 0) is 16.6 Å². The van der Waals surface area contributed by atoms with Crippen LogP contribution in [0.1, 0.15) is 38.7 Å². The van der Waals surface area contributed by atoms with E-state index in [0.29, 0.717) is 47.9 Å². The molecule has 1 aliphatic rings. The Hall–Kier alpha value is -2.65. The summed E-state index contributed by atoms with van der Waals surface area (Å²) in [5, 5.41) is 0.552. The van der Waals surface area contributed by atoms with Gasteiger partial charge in [0.05, 0.1) is 22.5 Å². The van der Waals surface area contributed by atoms with Crippen molar-refractivity contribution in [1.82, 2.24) is 18.8 Å². The number of aromatic nitrogens is 3. The fourth-order valence-electron chi connectivity index (χ4n) is 4.14. The van der Waals surface area contributed by atoms with E-state index < -0.39 is 10.0 Å². The highest BCUT2D eigenvalue weighted by Gasteiger charge is 2.28. The van der Waals surface area contributed by atoms with Crippen LogP contribution in [0, 0.1) is 6.92 Å². The van der Waals surface area contributed by atoms with Gasteiger partial charge >= 0.3 is 0 Å². The smallest absolute Gasteiger partial charge is 0.260 e. The SMILES string of the molecule is CCCn1cc(C)c2c(=O)[nH]c(-c3cc(S(=O)(=O)N4CCCC4)ccc3OCC)nc21. The quantitative estimate of drug-likeness (QED) is 0.603. The van der Waals surface area contributed by atoms with Crippen LogP contribution in [0.5, 0.6) is 5.75 Å². The van der Waals surface area contributed by atoms with E-state index in [4.69, 9.17) is 9.72 Å². The van der Waals surface area contributed by atoms with Gasteiger partial charge in [0.25, 0.3) is 5.56 Å². The minimum atomic E-state index is -3.61. The van der Waals surface area contributed by atoms with Gasteiger partial charge in [-0.25, -0.2) is 13.4 Å². The first-order valence-corrected chi connectivity index (χ1v) is 12.2. The number of rotatable bonds is 7. The maximum Gasteiger partial charge on any atom is 0.260 e. The molecule has 0 aliphatic carbocycles. The Bertz CT molecular complexity index is 1270. The molecule has 3 aromatic rings. The van der Waals surface area contributed by atoms with Crippen LogP contribution >= 0.6 is 0 Å². The van der Waals surface area contributed by atoms with Crippen molar-refractivity contribution in [2.75, 3.05) is 19.7 Å². The van der Waals surface area contributed by atoms with Gasteiger partial charge in [0.1, 0.15) is 17.2 Å². The lowest BCUT2D eigenvalue weighted by molar-refractivity contribution is 0.341. The van der Waals surface area contributed by atoms with Crippen LogP contribution in [0.25, 0.3) is 22.4 Å². The third kappa shape index (κ3) is 3.87. The van der Waals surface area contributed by atoms with Crippen molar-refractivity contribution in [3.05, 3.63) is 40.3 Å². The van der Waals surface area contributed by atoms with Crippen molar-refractivity contribution in [2.45, 2.75) is 51.5 Å².